The Morgan fingerprint density at radius 3 is 2.69 bits per heavy atom. The molecule has 0 aliphatic heterocycles. The van der Waals surface area contributed by atoms with Crippen molar-refractivity contribution in [2.75, 3.05) is 5.88 Å². The smallest absolute Gasteiger partial charge is 0.0434 e. The van der Waals surface area contributed by atoms with E-state index in [4.69, 9.17) is 11.6 Å². The monoisotopic (exact) mass is 194 g/mol. The molecular weight excluding hydrogens is 180 g/mol. The van der Waals surface area contributed by atoms with Crippen molar-refractivity contribution >= 4 is 17.7 Å². The Bertz CT molecular complexity index is 300. The highest BCUT2D eigenvalue weighted by molar-refractivity contribution is 6.19. The van der Waals surface area contributed by atoms with Gasteiger partial charge in [0.25, 0.3) is 0 Å². The fraction of sp³-hybridized carbons (Fsp3) is 0.333. The van der Waals surface area contributed by atoms with Crippen molar-refractivity contribution in [2.45, 2.75) is 20.3 Å². The van der Waals surface area contributed by atoms with Crippen LogP contribution in [0.1, 0.15) is 25.0 Å². The number of rotatable bonds is 3. The Balaban J connectivity index is 2.99. The van der Waals surface area contributed by atoms with Crippen LogP contribution in [0.15, 0.2) is 29.8 Å². The Labute approximate surface area is 85.2 Å². The van der Waals surface area contributed by atoms with Gasteiger partial charge in [0, 0.05) is 5.88 Å². The van der Waals surface area contributed by atoms with Crippen LogP contribution < -0.4 is 0 Å². The topological polar surface area (TPSA) is 0 Å². The van der Waals surface area contributed by atoms with Crippen molar-refractivity contribution in [2.24, 2.45) is 0 Å². The lowest BCUT2D eigenvalue weighted by Crippen LogP contribution is -1.86. The van der Waals surface area contributed by atoms with E-state index >= 15 is 0 Å². The van der Waals surface area contributed by atoms with Gasteiger partial charge in [-0.1, -0.05) is 42.8 Å². The third kappa shape index (κ3) is 2.89. The fourth-order valence-electron chi connectivity index (χ4n) is 1.30. The lowest BCUT2D eigenvalue weighted by molar-refractivity contribution is 1.13. The van der Waals surface area contributed by atoms with Gasteiger partial charge in [-0.2, -0.15) is 0 Å². The van der Waals surface area contributed by atoms with E-state index in [0.717, 1.165) is 6.42 Å². The number of aryl methyl sites for hydroxylation is 1. The van der Waals surface area contributed by atoms with E-state index in [-0.39, 0.29) is 0 Å². The van der Waals surface area contributed by atoms with Gasteiger partial charge in [0.15, 0.2) is 0 Å². The number of benzene rings is 1. The molecule has 0 atom stereocenters. The van der Waals surface area contributed by atoms with E-state index in [1.807, 2.05) is 0 Å². The van der Waals surface area contributed by atoms with Crippen LogP contribution in [0.3, 0.4) is 0 Å². The highest BCUT2D eigenvalue weighted by Crippen LogP contribution is 2.13. The van der Waals surface area contributed by atoms with E-state index < -0.39 is 0 Å². The van der Waals surface area contributed by atoms with E-state index in [9.17, 15) is 0 Å². The number of allylic oxidation sites excluding steroid dienone is 1. The van der Waals surface area contributed by atoms with Gasteiger partial charge >= 0.3 is 0 Å². The van der Waals surface area contributed by atoms with Crippen LogP contribution in [0.25, 0.3) is 6.08 Å². The minimum absolute atomic E-state index is 0.609. The normalized spacial score (nSPS) is 11.8. The van der Waals surface area contributed by atoms with Gasteiger partial charge in [-0.3, -0.25) is 0 Å². The largest absolute Gasteiger partial charge is 0.122 e. The van der Waals surface area contributed by atoms with E-state index in [2.05, 4.69) is 44.2 Å². The van der Waals surface area contributed by atoms with Crippen LogP contribution in [0, 0.1) is 0 Å². The molecule has 1 rings (SSSR count). The zero-order valence-electron chi connectivity index (χ0n) is 8.18. The predicted molar refractivity (Wildman–Crippen MR) is 60.2 cm³/mol. The molecular formula is C12H15Cl. The van der Waals surface area contributed by atoms with E-state index in [0.29, 0.717) is 5.88 Å². The molecule has 1 heteroatoms. The molecule has 0 unspecified atom stereocenters. The predicted octanol–water partition coefficient (Wildman–Crippen LogP) is 3.89. The third-order valence-corrected chi connectivity index (χ3v) is 2.47. The summed E-state index contributed by atoms with van der Waals surface area (Å²) in [5.74, 6) is 0.609. The maximum atomic E-state index is 5.73. The Morgan fingerprint density at radius 2 is 2.08 bits per heavy atom. The minimum Gasteiger partial charge on any atom is -0.122 e. The van der Waals surface area contributed by atoms with Gasteiger partial charge in [0.05, 0.1) is 0 Å². The van der Waals surface area contributed by atoms with Crippen molar-refractivity contribution in [3.05, 3.63) is 41.0 Å². The summed E-state index contributed by atoms with van der Waals surface area (Å²) >= 11 is 5.73. The molecule has 70 valence electrons. The highest BCUT2D eigenvalue weighted by atomic mass is 35.5. The van der Waals surface area contributed by atoms with Gasteiger partial charge in [-0.15, -0.1) is 11.6 Å². The van der Waals surface area contributed by atoms with Crippen molar-refractivity contribution in [3.8, 4) is 0 Å². The molecule has 0 N–H and O–H groups in total. The Morgan fingerprint density at radius 1 is 1.38 bits per heavy atom. The number of alkyl halides is 1. The van der Waals surface area contributed by atoms with Crippen LogP contribution in [0.4, 0.5) is 0 Å². The molecule has 0 fully saturated rings. The lowest BCUT2D eigenvalue weighted by Gasteiger charge is -2.03. The molecule has 1 aromatic rings. The van der Waals surface area contributed by atoms with Crippen molar-refractivity contribution in [3.63, 3.8) is 0 Å². The summed E-state index contributed by atoms with van der Waals surface area (Å²) in [4.78, 5) is 0. The first-order valence-electron chi connectivity index (χ1n) is 4.59. The molecule has 0 heterocycles. The molecule has 0 amide bonds. The fourth-order valence-corrected chi connectivity index (χ4v) is 1.38. The highest BCUT2D eigenvalue weighted by Gasteiger charge is 1.96. The number of hydrogen-bond acceptors (Lipinski definition) is 0. The van der Waals surface area contributed by atoms with Gasteiger partial charge in [-0.25, -0.2) is 0 Å². The molecule has 13 heavy (non-hydrogen) atoms. The summed E-state index contributed by atoms with van der Waals surface area (Å²) in [5, 5.41) is 0. The SMILES string of the molecule is CCc1ccccc1C=C(C)CCl. The molecule has 0 saturated carbocycles. The first kappa shape index (κ1) is 10.3. The van der Waals surface area contributed by atoms with E-state index in [1.54, 1.807) is 0 Å². The molecule has 0 aliphatic rings. The summed E-state index contributed by atoms with van der Waals surface area (Å²) < 4.78 is 0. The van der Waals surface area contributed by atoms with E-state index in [1.165, 1.54) is 16.7 Å². The Hall–Kier alpha value is -0.750. The number of halogens is 1. The lowest BCUT2D eigenvalue weighted by atomic mass is 10.0. The molecule has 0 aliphatic carbocycles. The second kappa shape index (κ2) is 5.08. The summed E-state index contributed by atoms with van der Waals surface area (Å²) in [6.07, 6.45) is 3.23. The summed E-state index contributed by atoms with van der Waals surface area (Å²) in [6, 6.07) is 8.43. The number of hydrogen-bond donors (Lipinski definition) is 0. The van der Waals surface area contributed by atoms with Crippen LogP contribution in [-0.4, -0.2) is 5.88 Å². The molecule has 0 aromatic heterocycles. The van der Waals surface area contributed by atoms with Crippen LogP contribution >= 0.6 is 11.6 Å². The van der Waals surface area contributed by atoms with Crippen molar-refractivity contribution in [1.82, 2.24) is 0 Å². The standard InChI is InChI=1S/C12H15Cl/c1-3-11-6-4-5-7-12(11)8-10(2)9-13/h4-8H,3,9H2,1-2H3. The molecule has 0 bridgehead atoms. The maximum Gasteiger partial charge on any atom is 0.0434 e. The van der Waals surface area contributed by atoms with Crippen LogP contribution in [0.2, 0.25) is 0 Å². The third-order valence-electron chi connectivity index (χ3n) is 2.05. The quantitative estimate of drug-likeness (QED) is 0.641. The summed E-state index contributed by atoms with van der Waals surface area (Å²) in [7, 11) is 0. The molecule has 1 aromatic carbocycles. The summed E-state index contributed by atoms with van der Waals surface area (Å²) in [5.41, 5.74) is 3.89. The van der Waals surface area contributed by atoms with Gasteiger partial charge in [-0.05, 0) is 24.5 Å². The Kier molecular flexibility index (Phi) is 4.04. The zero-order chi connectivity index (χ0) is 9.68. The first-order valence-corrected chi connectivity index (χ1v) is 5.12. The van der Waals surface area contributed by atoms with Crippen molar-refractivity contribution in [1.29, 1.82) is 0 Å². The molecule has 0 spiro atoms. The minimum atomic E-state index is 0.609. The molecule has 0 nitrogen and oxygen atoms in total. The second-order valence-corrected chi connectivity index (χ2v) is 3.44. The average Bonchev–Trinajstić information content (AvgIpc) is 2.18. The average molecular weight is 195 g/mol. The van der Waals surface area contributed by atoms with Gasteiger partial charge in [0.1, 0.15) is 0 Å². The van der Waals surface area contributed by atoms with Gasteiger partial charge in [0.2, 0.25) is 0 Å². The molecule has 0 saturated heterocycles. The zero-order valence-corrected chi connectivity index (χ0v) is 8.93. The maximum absolute atomic E-state index is 5.73. The second-order valence-electron chi connectivity index (χ2n) is 3.18. The van der Waals surface area contributed by atoms with Gasteiger partial charge < -0.3 is 0 Å². The summed E-state index contributed by atoms with van der Waals surface area (Å²) in [6.45, 7) is 4.22. The molecule has 0 radical (unpaired) electrons. The van der Waals surface area contributed by atoms with Crippen molar-refractivity contribution < 1.29 is 0 Å². The first-order chi connectivity index (χ1) is 6.27. The van der Waals surface area contributed by atoms with Crippen LogP contribution in [-0.2, 0) is 6.42 Å². The van der Waals surface area contributed by atoms with Crippen LogP contribution in [0.5, 0.6) is 0 Å².